The summed E-state index contributed by atoms with van der Waals surface area (Å²) in [5.41, 5.74) is -1.19. The summed E-state index contributed by atoms with van der Waals surface area (Å²) in [6, 6.07) is 5.73. The van der Waals surface area contributed by atoms with Gasteiger partial charge in [0.05, 0.1) is 27.7 Å². The van der Waals surface area contributed by atoms with Gasteiger partial charge in [0.2, 0.25) is 0 Å². The van der Waals surface area contributed by atoms with Crippen molar-refractivity contribution in [1.82, 2.24) is 0 Å². The lowest BCUT2D eigenvalue weighted by atomic mass is 9.85. The molecule has 2 heterocycles. The number of halogens is 1. The van der Waals surface area contributed by atoms with Gasteiger partial charge in [-0.2, -0.15) is 5.26 Å². The summed E-state index contributed by atoms with van der Waals surface area (Å²) >= 11 is 0. The molecule has 2 aliphatic heterocycles. The van der Waals surface area contributed by atoms with Crippen molar-refractivity contribution in [2.45, 2.75) is 41.8 Å². The smallest absolute Gasteiger partial charge is 0.156 e. The Morgan fingerprint density at radius 2 is 1.90 bits per heavy atom. The summed E-state index contributed by atoms with van der Waals surface area (Å²) in [5.74, 6) is -0.592. The Hall–Kier alpha value is -1.45. The molecular formula is C14H14FNO3S. The summed E-state index contributed by atoms with van der Waals surface area (Å²) in [6.45, 7) is 0. The van der Waals surface area contributed by atoms with E-state index in [9.17, 15) is 17.9 Å². The van der Waals surface area contributed by atoms with Crippen molar-refractivity contribution in [3.8, 4) is 6.07 Å². The first-order valence-electron chi connectivity index (χ1n) is 6.52. The van der Waals surface area contributed by atoms with Crippen molar-refractivity contribution in [2.24, 2.45) is 0 Å². The summed E-state index contributed by atoms with van der Waals surface area (Å²) in [4.78, 5) is 0. The van der Waals surface area contributed by atoms with Crippen LogP contribution in [0, 0.1) is 17.1 Å². The molecule has 0 saturated carbocycles. The lowest BCUT2D eigenvalue weighted by molar-refractivity contribution is 0.0139. The zero-order valence-electron chi connectivity index (χ0n) is 10.7. The number of nitriles is 1. The van der Waals surface area contributed by atoms with Crippen molar-refractivity contribution >= 4 is 9.84 Å². The van der Waals surface area contributed by atoms with E-state index in [1.165, 1.54) is 12.1 Å². The average Bonchev–Trinajstić information content (AvgIpc) is 2.59. The van der Waals surface area contributed by atoms with Crippen molar-refractivity contribution in [2.75, 3.05) is 0 Å². The van der Waals surface area contributed by atoms with Gasteiger partial charge in [0, 0.05) is 5.56 Å². The lowest BCUT2D eigenvalue weighted by Gasteiger charge is -2.36. The number of hydrogen-bond donors (Lipinski definition) is 1. The number of fused-ring (bicyclic) bond motifs is 2. The lowest BCUT2D eigenvalue weighted by Crippen LogP contribution is -2.43. The van der Waals surface area contributed by atoms with E-state index >= 15 is 0 Å². The number of sulfone groups is 1. The average molecular weight is 295 g/mol. The van der Waals surface area contributed by atoms with Crippen LogP contribution in [-0.2, 0) is 15.4 Å². The Labute approximate surface area is 116 Å². The zero-order valence-corrected chi connectivity index (χ0v) is 11.5. The second-order valence-corrected chi connectivity index (χ2v) is 8.17. The van der Waals surface area contributed by atoms with Gasteiger partial charge in [-0.3, -0.25) is 0 Å². The molecule has 20 heavy (non-hydrogen) atoms. The van der Waals surface area contributed by atoms with Crippen LogP contribution >= 0.6 is 0 Å². The Kier molecular flexibility index (Phi) is 2.89. The summed E-state index contributed by atoms with van der Waals surface area (Å²) in [5, 5.41) is 18.4. The standard InChI is InChI=1S/C14H14FNO3S/c15-13-4-1-9(8-16)5-12(13)14(17)6-10-2-3-11(7-14)20(10,18)19/h1,4-5,10-11,17H,2-3,6-7H2. The van der Waals surface area contributed by atoms with Crippen molar-refractivity contribution in [3.05, 3.63) is 35.1 Å². The number of nitrogens with zero attached hydrogens (tertiary/aromatic N) is 1. The van der Waals surface area contributed by atoms with Crippen LogP contribution in [0.2, 0.25) is 0 Å². The molecule has 1 aromatic carbocycles. The van der Waals surface area contributed by atoms with Crippen LogP contribution in [0.3, 0.4) is 0 Å². The highest BCUT2D eigenvalue weighted by Crippen LogP contribution is 2.48. The molecule has 2 aliphatic rings. The second kappa shape index (κ2) is 4.27. The monoisotopic (exact) mass is 295 g/mol. The van der Waals surface area contributed by atoms with Crippen LogP contribution in [0.5, 0.6) is 0 Å². The normalized spacial score (nSPS) is 34.6. The quantitative estimate of drug-likeness (QED) is 0.854. The first kappa shape index (κ1) is 13.5. The second-order valence-electron chi connectivity index (χ2n) is 5.66. The molecule has 3 rings (SSSR count). The highest BCUT2D eigenvalue weighted by Gasteiger charge is 2.53. The molecule has 1 aromatic rings. The predicted octanol–water partition coefficient (Wildman–Crippen LogP) is 1.62. The predicted molar refractivity (Wildman–Crippen MR) is 70.0 cm³/mol. The molecule has 2 atom stereocenters. The van der Waals surface area contributed by atoms with Crippen molar-refractivity contribution in [1.29, 1.82) is 5.26 Å². The van der Waals surface area contributed by atoms with E-state index in [0.717, 1.165) is 6.07 Å². The van der Waals surface area contributed by atoms with E-state index in [4.69, 9.17) is 5.26 Å². The van der Waals surface area contributed by atoms with E-state index in [-0.39, 0.29) is 24.0 Å². The maximum Gasteiger partial charge on any atom is 0.156 e. The topological polar surface area (TPSA) is 78.2 Å². The highest BCUT2D eigenvalue weighted by atomic mass is 32.2. The first-order valence-corrected chi connectivity index (χ1v) is 8.13. The molecule has 2 bridgehead atoms. The van der Waals surface area contributed by atoms with Crippen molar-refractivity contribution in [3.63, 3.8) is 0 Å². The van der Waals surface area contributed by atoms with Crippen LogP contribution in [0.4, 0.5) is 4.39 Å². The molecule has 0 aromatic heterocycles. The number of benzene rings is 1. The Balaban J connectivity index is 2.06. The molecule has 6 heteroatoms. The van der Waals surface area contributed by atoms with Gasteiger partial charge in [0.1, 0.15) is 5.82 Å². The van der Waals surface area contributed by atoms with Gasteiger partial charge < -0.3 is 5.11 Å². The third-order valence-electron chi connectivity index (χ3n) is 4.47. The van der Waals surface area contributed by atoms with E-state index in [1.807, 2.05) is 6.07 Å². The molecule has 0 spiro atoms. The molecule has 2 unspecified atom stereocenters. The third kappa shape index (κ3) is 1.85. The van der Waals surface area contributed by atoms with E-state index in [2.05, 4.69) is 0 Å². The fraction of sp³-hybridized carbons (Fsp3) is 0.500. The molecule has 0 aliphatic carbocycles. The van der Waals surface area contributed by atoms with Crippen LogP contribution < -0.4 is 0 Å². The third-order valence-corrected chi connectivity index (χ3v) is 7.13. The van der Waals surface area contributed by atoms with Crippen LogP contribution in [0.1, 0.15) is 36.8 Å². The van der Waals surface area contributed by atoms with Gasteiger partial charge in [0.25, 0.3) is 0 Å². The summed E-state index contributed by atoms with van der Waals surface area (Å²) in [6.07, 6.45) is 1.07. The van der Waals surface area contributed by atoms with Crippen LogP contribution in [0.15, 0.2) is 18.2 Å². The molecule has 0 amide bonds. The minimum absolute atomic E-state index is 0.0115. The largest absolute Gasteiger partial charge is 0.385 e. The minimum Gasteiger partial charge on any atom is -0.385 e. The molecular weight excluding hydrogens is 281 g/mol. The van der Waals surface area contributed by atoms with Crippen LogP contribution in [-0.4, -0.2) is 24.0 Å². The molecule has 2 fully saturated rings. The fourth-order valence-corrected chi connectivity index (χ4v) is 5.91. The van der Waals surface area contributed by atoms with E-state index < -0.39 is 31.8 Å². The first-order chi connectivity index (χ1) is 9.37. The van der Waals surface area contributed by atoms with Gasteiger partial charge in [-0.1, -0.05) is 0 Å². The van der Waals surface area contributed by atoms with E-state index in [0.29, 0.717) is 12.8 Å². The number of hydrogen-bond acceptors (Lipinski definition) is 4. The molecule has 4 nitrogen and oxygen atoms in total. The molecule has 2 saturated heterocycles. The number of aliphatic hydroxyl groups is 1. The summed E-state index contributed by atoms with van der Waals surface area (Å²) < 4.78 is 38.1. The number of rotatable bonds is 1. The van der Waals surface area contributed by atoms with Gasteiger partial charge in [0.15, 0.2) is 9.84 Å². The highest BCUT2D eigenvalue weighted by molar-refractivity contribution is 7.93. The summed E-state index contributed by atoms with van der Waals surface area (Å²) in [7, 11) is -3.18. The van der Waals surface area contributed by atoms with Gasteiger partial charge in [-0.25, -0.2) is 12.8 Å². The van der Waals surface area contributed by atoms with Gasteiger partial charge >= 0.3 is 0 Å². The van der Waals surface area contributed by atoms with Gasteiger partial charge in [-0.15, -0.1) is 0 Å². The molecule has 106 valence electrons. The fourth-order valence-electron chi connectivity index (χ4n) is 3.42. The minimum atomic E-state index is -3.18. The molecule has 0 radical (unpaired) electrons. The SMILES string of the molecule is N#Cc1ccc(F)c(C2(O)CC3CCC(C2)S3(=O)=O)c1. The molecule has 1 N–H and O–H groups in total. The maximum atomic E-state index is 14.0. The van der Waals surface area contributed by atoms with Crippen molar-refractivity contribution < 1.29 is 17.9 Å². The Morgan fingerprint density at radius 3 is 2.45 bits per heavy atom. The van der Waals surface area contributed by atoms with E-state index in [1.54, 1.807) is 0 Å². The maximum absolute atomic E-state index is 14.0. The zero-order chi connectivity index (χ0) is 14.5. The Morgan fingerprint density at radius 1 is 1.30 bits per heavy atom. The Bertz CT molecular complexity index is 688. The van der Waals surface area contributed by atoms with Gasteiger partial charge in [-0.05, 0) is 43.9 Å². The van der Waals surface area contributed by atoms with Crippen LogP contribution in [0.25, 0.3) is 0 Å².